The Morgan fingerprint density at radius 3 is 0.758 bits per heavy atom. The van der Waals surface area contributed by atoms with Gasteiger partial charge in [-0.1, -0.05) is 71.2 Å². The fourth-order valence-corrected chi connectivity index (χ4v) is 2.41. The SMILES string of the molecule is F.F.F.O=[N+]([O-])c1ccccc1Cl.O=[N+]([O-])c1ccccc1Cl.O=[N+]([O-])c1ccccc1Cl. The van der Waals surface area contributed by atoms with Crippen LogP contribution in [0.5, 0.6) is 0 Å². The van der Waals surface area contributed by atoms with E-state index in [0.717, 1.165) is 0 Å². The van der Waals surface area contributed by atoms with Crippen LogP contribution in [0.15, 0.2) is 72.8 Å². The number of hydrogen-bond acceptors (Lipinski definition) is 6. The molecule has 0 aliphatic heterocycles. The Hall–Kier alpha value is -3.48. The first-order valence-electron chi connectivity index (χ1n) is 7.82. The zero-order valence-corrected chi connectivity index (χ0v) is 18.3. The standard InChI is InChI=1S/3C6H4ClNO2.3FH/c3*7-5-3-1-2-4-6(5)8(9)10;;;/h3*1-4H;3*1H. The van der Waals surface area contributed by atoms with Gasteiger partial charge in [0.2, 0.25) is 0 Å². The number of benzene rings is 3. The first-order chi connectivity index (χ1) is 14.1. The number of para-hydroxylation sites is 3. The van der Waals surface area contributed by atoms with Gasteiger partial charge >= 0.3 is 0 Å². The lowest BCUT2D eigenvalue weighted by molar-refractivity contribution is -0.384. The molecule has 9 nitrogen and oxygen atoms in total. The molecule has 3 aromatic carbocycles. The number of nitro groups is 3. The highest BCUT2D eigenvalue weighted by Gasteiger charge is 2.09. The minimum Gasteiger partial charge on any atom is -0.269 e. The third kappa shape index (κ3) is 11.6. The molecule has 0 saturated heterocycles. The summed E-state index contributed by atoms with van der Waals surface area (Å²) in [5.41, 5.74) is -0.155. The molecule has 0 aliphatic carbocycles. The molecule has 0 unspecified atom stereocenters. The van der Waals surface area contributed by atoms with E-state index in [1.54, 1.807) is 36.4 Å². The smallest absolute Gasteiger partial charge is 0.269 e. The van der Waals surface area contributed by atoms with Crippen LogP contribution in [0.1, 0.15) is 0 Å². The van der Waals surface area contributed by atoms with Gasteiger partial charge in [0.15, 0.2) is 0 Å². The van der Waals surface area contributed by atoms with Crippen molar-refractivity contribution in [1.29, 1.82) is 0 Å². The van der Waals surface area contributed by atoms with E-state index in [2.05, 4.69) is 0 Å². The largest absolute Gasteiger partial charge is 0.287 e. The van der Waals surface area contributed by atoms with Gasteiger partial charge in [0.05, 0.1) is 14.8 Å². The zero-order chi connectivity index (χ0) is 22.7. The van der Waals surface area contributed by atoms with Crippen LogP contribution in [-0.2, 0) is 0 Å². The second-order valence-corrected chi connectivity index (χ2v) is 6.35. The lowest BCUT2D eigenvalue weighted by Gasteiger charge is -1.90. The Bertz CT molecular complexity index is 931. The van der Waals surface area contributed by atoms with Crippen LogP contribution in [0.3, 0.4) is 0 Å². The molecule has 0 atom stereocenters. The van der Waals surface area contributed by atoms with Crippen molar-refractivity contribution in [2.75, 3.05) is 0 Å². The summed E-state index contributed by atoms with van der Waals surface area (Å²) in [5.74, 6) is 0. The molecule has 0 N–H and O–H groups in total. The van der Waals surface area contributed by atoms with Gasteiger partial charge in [-0.25, -0.2) is 0 Å². The maximum atomic E-state index is 10.1. The second-order valence-electron chi connectivity index (χ2n) is 5.13. The summed E-state index contributed by atoms with van der Waals surface area (Å²) in [6.07, 6.45) is 0. The number of hydrogen-bond donors (Lipinski definition) is 0. The van der Waals surface area contributed by atoms with Crippen LogP contribution >= 0.6 is 34.8 Å². The van der Waals surface area contributed by atoms with E-state index < -0.39 is 14.8 Å². The van der Waals surface area contributed by atoms with Crippen molar-refractivity contribution >= 4 is 51.9 Å². The van der Waals surface area contributed by atoms with Crippen molar-refractivity contribution in [3.63, 3.8) is 0 Å². The highest BCUT2D eigenvalue weighted by atomic mass is 35.5. The third-order valence-corrected chi connectivity index (χ3v) is 4.11. The highest BCUT2D eigenvalue weighted by Crippen LogP contribution is 2.23. The molecule has 0 fully saturated rings. The summed E-state index contributed by atoms with van der Waals surface area (Å²) in [6.45, 7) is 0. The van der Waals surface area contributed by atoms with Crippen molar-refractivity contribution in [2.45, 2.75) is 0 Å². The highest BCUT2D eigenvalue weighted by molar-refractivity contribution is 6.33. The van der Waals surface area contributed by atoms with Crippen LogP contribution in [0.4, 0.5) is 31.2 Å². The van der Waals surface area contributed by atoms with Gasteiger partial charge in [0, 0.05) is 18.2 Å². The summed E-state index contributed by atoms with van der Waals surface area (Å²) >= 11 is 16.4. The molecule has 0 saturated carbocycles. The molecule has 0 aliphatic rings. The molecule has 15 heteroatoms. The molecule has 0 spiro atoms. The van der Waals surface area contributed by atoms with E-state index in [1.165, 1.54) is 36.4 Å². The van der Waals surface area contributed by atoms with Crippen molar-refractivity contribution < 1.29 is 28.9 Å². The molecule has 0 aromatic heterocycles. The summed E-state index contributed by atoms with van der Waals surface area (Å²) in [7, 11) is 0. The molecule has 3 aromatic rings. The lowest BCUT2D eigenvalue weighted by Crippen LogP contribution is -1.87. The average Bonchev–Trinajstić information content (AvgIpc) is 2.69. The van der Waals surface area contributed by atoms with Crippen molar-refractivity contribution in [3.05, 3.63) is 118 Å². The molecular weight excluding hydrogens is 518 g/mol. The lowest BCUT2D eigenvalue weighted by atomic mass is 10.3. The van der Waals surface area contributed by atoms with Crippen LogP contribution in [0.25, 0.3) is 0 Å². The van der Waals surface area contributed by atoms with E-state index in [9.17, 15) is 30.3 Å². The first-order valence-corrected chi connectivity index (χ1v) is 8.95. The van der Waals surface area contributed by atoms with E-state index in [0.29, 0.717) is 0 Å². The van der Waals surface area contributed by atoms with Crippen LogP contribution in [0.2, 0.25) is 15.1 Å². The van der Waals surface area contributed by atoms with Gasteiger partial charge < -0.3 is 0 Å². The minimum absolute atomic E-state index is 0. The summed E-state index contributed by atoms with van der Waals surface area (Å²) in [5, 5.41) is 30.9. The van der Waals surface area contributed by atoms with Crippen molar-refractivity contribution in [1.82, 2.24) is 0 Å². The van der Waals surface area contributed by atoms with Crippen LogP contribution in [-0.4, -0.2) is 14.8 Å². The number of rotatable bonds is 3. The average molecular weight is 533 g/mol. The van der Waals surface area contributed by atoms with Crippen LogP contribution in [0, 0.1) is 30.3 Å². The predicted molar refractivity (Wildman–Crippen MR) is 122 cm³/mol. The zero-order valence-electron chi connectivity index (χ0n) is 16.1. The molecule has 33 heavy (non-hydrogen) atoms. The van der Waals surface area contributed by atoms with Gasteiger partial charge in [-0.05, 0) is 18.2 Å². The van der Waals surface area contributed by atoms with E-state index in [4.69, 9.17) is 34.8 Å². The van der Waals surface area contributed by atoms with Gasteiger partial charge in [0.1, 0.15) is 15.1 Å². The Morgan fingerprint density at radius 2 is 0.636 bits per heavy atom. The van der Waals surface area contributed by atoms with E-state index >= 15 is 0 Å². The Kier molecular flexibility index (Phi) is 17.7. The predicted octanol–water partition coefficient (Wildman–Crippen LogP) is 7.20. The summed E-state index contributed by atoms with van der Waals surface area (Å²) < 4.78 is 0. The number of nitro benzene ring substituents is 3. The van der Waals surface area contributed by atoms with Gasteiger partial charge in [0.25, 0.3) is 17.1 Å². The molecule has 0 bridgehead atoms. The summed E-state index contributed by atoms with van der Waals surface area (Å²) in [6, 6.07) is 18.2. The molecule has 0 radical (unpaired) electrons. The quantitative estimate of drug-likeness (QED) is 0.259. The van der Waals surface area contributed by atoms with Crippen LogP contribution < -0.4 is 0 Å². The van der Waals surface area contributed by atoms with Crippen molar-refractivity contribution in [2.24, 2.45) is 0 Å². The molecule has 180 valence electrons. The number of nitrogens with zero attached hydrogens (tertiary/aromatic N) is 3. The monoisotopic (exact) mass is 531 g/mol. The van der Waals surface area contributed by atoms with E-state index in [-0.39, 0.29) is 46.2 Å². The fraction of sp³-hybridized carbons (Fsp3) is 0. The Labute approximate surface area is 199 Å². The maximum Gasteiger partial charge on any atom is 0.287 e. The van der Waals surface area contributed by atoms with Crippen molar-refractivity contribution in [3.8, 4) is 0 Å². The second kappa shape index (κ2) is 17.1. The van der Waals surface area contributed by atoms with Gasteiger partial charge in [-0.3, -0.25) is 44.5 Å². The Morgan fingerprint density at radius 1 is 0.455 bits per heavy atom. The third-order valence-electron chi connectivity index (χ3n) is 3.15. The van der Waals surface area contributed by atoms with E-state index in [1.807, 2.05) is 0 Å². The normalized spacial score (nSPS) is 8.45. The number of halogens is 6. The van der Waals surface area contributed by atoms with Gasteiger partial charge in [-0.2, -0.15) is 0 Å². The molecular formula is C18H15Cl3F3N3O6. The molecule has 3 rings (SSSR count). The Balaban J connectivity index is -0.000000391. The maximum absolute atomic E-state index is 10.1. The van der Waals surface area contributed by atoms with Gasteiger partial charge in [-0.15, -0.1) is 0 Å². The molecule has 0 heterocycles. The summed E-state index contributed by atoms with van der Waals surface area (Å²) in [4.78, 5) is 28.9. The first kappa shape index (κ1) is 34.1. The molecule has 0 amide bonds. The minimum atomic E-state index is -0.512. The fourth-order valence-electron chi connectivity index (χ4n) is 1.80. The topological polar surface area (TPSA) is 129 Å².